The second kappa shape index (κ2) is 9.67. The standard InChI is InChI=1S/C11H22N2O5/c1-3-13(6-8-18-4-2)11(17)12-9(5-7-14)10(15)16/h9,14H,3-8H2,1-2H3,(H,12,17)(H,15,16). The second-order valence-electron chi connectivity index (χ2n) is 3.63. The van der Waals surface area contributed by atoms with Gasteiger partial charge in [0.25, 0.3) is 0 Å². The van der Waals surface area contributed by atoms with Gasteiger partial charge in [-0.2, -0.15) is 0 Å². The van der Waals surface area contributed by atoms with Crippen LogP contribution in [0.25, 0.3) is 0 Å². The molecule has 0 fully saturated rings. The zero-order chi connectivity index (χ0) is 14.0. The fraction of sp³-hybridized carbons (Fsp3) is 0.818. The number of ether oxygens (including phenoxy) is 1. The van der Waals surface area contributed by atoms with Gasteiger partial charge in [0.05, 0.1) is 6.61 Å². The topological polar surface area (TPSA) is 99.1 Å². The number of aliphatic hydroxyl groups is 1. The monoisotopic (exact) mass is 262 g/mol. The molecule has 7 heteroatoms. The lowest BCUT2D eigenvalue weighted by atomic mass is 10.2. The Morgan fingerprint density at radius 2 is 2.06 bits per heavy atom. The molecule has 0 aromatic rings. The number of carbonyl (C=O) groups is 2. The molecule has 0 bridgehead atoms. The van der Waals surface area contributed by atoms with Gasteiger partial charge >= 0.3 is 12.0 Å². The number of aliphatic hydroxyl groups excluding tert-OH is 1. The van der Waals surface area contributed by atoms with E-state index in [1.807, 2.05) is 6.92 Å². The number of carboxylic acids is 1. The molecule has 1 atom stereocenters. The van der Waals surface area contributed by atoms with E-state index in [0.29, 0.717) is 26.3 Å². The van der Waals surface area contributed by atoms with Crippen molar-refractivity contribution in [2.45, 2.75) is 26.3 Å². The molecule has 0 aromatic carbocycles. The van der Waals surface area contributed by atoms with Crippen molar-refractivity contribution in [2.75, 3.05) is 32.9 Å². The van der Waals surface area contributed by atoms with Gasteiger partial charge in [-0.3, -0.25) is 0 Å². The Kier molecular flexibility index (Phi) is 8.95. The van der Waals surface area contributed by atoms with Gasteiger partial charge in [-0.15, -0.1) is 0 Å². The molecule has 2 amide bonds. The van der Waals surface area contributed by atoms with E-state index in [2.05, 4.69) is 5.32 Å². The summed E-state index contributed by atoms with van der Waals surface area (Å²) in [6, 6.07) is -1.53. The summed E-state index contributed by atoms with van der Waals surface area (Å²) in [6.45, 7) is 5.22. The molecule has 0 heterocycles. The maximum absolute atomic E-state index is 11.8. The van der Waals surface area contributed by atoms with Gasteiger partial charge in [0, 0.05) is 32.7 Å². The summed E-state index contributed by atoms with van der Waals surface area (Å²) in [5.41, 5.74) is 0. The fourth-order valence-electron chi connectivity index (χ4n) is 1.35. The minimum atomic E-state index is -1.15. The highest BCUT2D eigenvalue weighted by atomic mass is 16.5. The van der Waals surface area contributed by atoms with Crippen molar-refractivity contribution in [1.29, 1.82) is 0 Å². The molecule has 1 unspecified atom stereocenters. The summed E-state index contributed by atoms with van der Waals surface area (Å²) in [5, 5.41) is 19.9. The number of hydrogen-bond donors (Lipinski definition) is 3. The van der Waals surface area contributed by atoms with Crippen LogP contribution in [0, 0.1) is 0 Å². The zero-order valence-corrected chi connectivity index (χ0v) is 10.9. The average molecular weight is 262 g/mol. The quantitative estimate of drug-likeness (QED) is 0.503. The number of carboxylic acid groups (broad SMARTS) is 1. The van der Waals surface area contributed by atoms with Crippen LogP contribution in [0.2, 0.25) is 0 Å². The predicted molar refractivity (Wildman–Crippen MR) is 65.4 cm³/mol. The largest absolute Gasteiger partial charge is 0.480 e. The second-order valence-corrected chi connectivity index (χ2v) is 3.63. The molecule has 18 heavy (non-hydrogen) atoms. The van der Waals surface area contributed by atoms with Gasteiger partial charge in [0.2, 0.25) is 0 Å². The molecule has 0 saturated heterocycles. The number of aliphatic carboxylic acids is 1. The molecule has 0 rings (SSSR count). The summed E-state index contributed by atoms with van der Waals surface area (Å²) in [7, 11) is 0. The fourth-order valence-corrected chi connectivity index (χ4v) is 1.35. The molecule has 0 radical (unpaired) electrons. The minimum Gasteiger partial charge on any atom is -0.480 e. The van der Waals surface area contributed by atoms with E-state index in [9.17, 15) is 9.59 Å². The van der Waals surface area contributed by atoms with Gasteiger partial charge in [0.1, 0.15) is 6.04 Å². The number of hydrogen-bond acceptors (Lipinski definition) is 4. The molecule has 0 spiro atoms. The molecule has 0 aliphatic rings. The van der Waals surface area contributed by atoms with Crippen LogP contribution in [0.4, 0.5) is 4.79 Å². The lowest BCUT2D eigenvalue weighted by Gasteiger charge is -2.23. The SMILES string of the molecule is CCOCCN(CC)C(=O)NC(CCO)C(=O)O. The van der Waals surface area contributed by atoms with Crippen molar-refractivity contribution in [2.24, 2.45) is 0 Å². The van der Waals surface area contributed by atoms with E-state index < -0.39 is 18.0 Å². The summed E-state index contributed by atoms with van der Waals surface area (Å²) in [4.78, 5) is 24.1. The Bertz CT molecular complexity index is 260. The molecular weight excluding hydrogens is 240 g/mol. The first-order valence-electron chi connectivity index (χ1n) is 6.03. The minimum absolute atomic E-state index is 0.00983. The number of carbonyl (C=O) groups excluding carboxylic acids is 1. The first-order chi connectivity index (χ1) is 8.56. The summed E-state index contributed by atoms with van der Waals surface area (Å²) < 4.78 is 5.14. The Hall–Kier alpha value is -1.34. The van der Waals surface area contributed by atoms with Crippen molar-refractivity contribution in [3.8, 4) is 0 Å². The summed E-state index contributed by atoms with van der Waals surface area (Å²) in [5.74, 6) is -1.15. The smallest absolute Gasteiger partial charge is 0.326 e. The van der Waals surface area contributed by atoms with Crippen LogP contribution >= 0.6 is 0 Å². The average Bonchev–Trinajstić information content (AvgIpc) is 2.33. The maximum atomic E-state index is 11.8. The molecule has 106 valence electrons. The molecule has 0 aromatic heterocycles. The Morgan fingerprint density at radius 1 is 1.39 bits per heavy atom. The third-order valence-electron chi connectivity index (χ3n) is 2.39. The molecule has 3 N–H and O–H groups in total. The number of amides is 2. The van der Waals surface area contributed by atoms with E-state index >= 15 is 0 Å². The zero-order valence-electron chi connectivity index (χ0n) is 10.9. The van der Waals surface area contributed by atoms with E-state index in [1.165, 1.54) is 4.90 Å². The lowest BCUT2D eigenvalue weighted by molar-refractivity contribution is -0.139. The van der Waals surface area contributed by atoms with Crippen LogP contribution < -0.4 is 5.32 Å². The third kappa shape index (κ3) is 6.41. The third-order valence-corrected chi connectivity index (χ3v) is 2.39. The number of nitrogens with zero attached hydrogens (tertiary/aromatic N) is 1. The Balaban J connectivity index is 4.26. The van der Waals surface area contributed by atoms with Crippen LogP contribution in [0.1, 0.15) is 20.3 Å². The molecule has 0 saturated carbocycles. The predicted octanol–water partition coefficient (Wildman–Crippen LogP) is -0.110. The maximum Gasteiger partial charge on any atom is 0.326 e. The highest BCUT2D eigenvalue weighted by Gasteiger charge is 2.21. The molecule has 7 nitrogen and oxygen atoms in total. The van der Waals surface area contributed by atoms with Crippen LogP contribution in [0.3, 0.4) is 0 Å². The summed E-state index contributed by atoms with van der Waals surface area (Å²) in [6.07, 6.45) is -0.00983. The van der Waals surface area contributed by atoms with Gasteiger partial charge in [-0.05, 0) is 13.8 Å². The highest BCUT2D eigenvalue weighted by Crippen LogP contribution is 1.96. The number of likely N-dealkylation sites (N-methyl/N-ethyl adjacent to an activating group) is 1. The number of nitrogens with one attached hydrogen (secondary N) is 1. The number of urea groups is 1. The van der Waals surface area contributed by atoms with Gasteiger partial charge in [-0.1, -0.05) is 0 Å². The first kappa shape index (κ1) is 16.7. The van der Waals surface area contributed by atoms with Crippen LogP contribution in [-0.4, -0.2) is 66.1 Å². The van der Waals surface area contributed by atoms with Gasteiger partial charge < -0.3 is 25.2 Å². The van der Waals surface area contributed by atoms with E-state index in [4.69, 9.17) is 14.9 Å². The van der Waals surface area contributed by atoms with E-state index in [0.717, 1.165) is 0 Å². The van der Waals surface area contributed by atoms with Crippen molar-refractivity contribution in [3.05, 3.63) is 0 Å². The van der Waals surface area contributed by atoms with Crippen LogP contribution in [0.15, 0.2) is 0 Å². The van der Waals surface area contributed by atoms with Gasteiger partial charge in [-0.25, -0.2) is 9.59 Å². The van der Waals surface area contributed by atoms with Crippen molar-refractivity contribution < 1.29 is 24.5 Å². The lowest BCUT2D eigenvalue weighted by Crippen LogP contribution is -2.49. The highest BCUT2D eigenvalue weighted by molar-refractivity contribution is 5.82. The van der Waals surface area contributed by atoms with Crippen LogP contribution in [-0.2, 0) is 9.53 Å². The summed E-state index contributed by atoms with van der Waals surface area (Å²) >= 11 is 0. The van der Waals surface area contributed by atoms with E-state index in [-0.39, 0.29) is 13.0 Å². The Labute approximate surface area is 107 Å². The first-order valence-corrected chi connectivity index (χ1v) is 6.03. The Morgan fingerprint density at radius 3 is 2.50 bits per heavy atom. The molecule has 0 aliphatic carbocycles. The normalized spacial score (nSPS) is 11.9. The van der Waals surface area contributed by atoms with Crippen molar-refractivity contribution in [1.82, 2.24) is 10.2 Å². The van der Waals surface area contributed by atoms with Crippen LogP contribution in [0.5, 0.6) is 0 Å². The van der Waals surface area contributed by atoms with E-state index in [1.54, 1.807) is 6.92 Å². The molecular formula is C11H22N2O5. The number of rotatable bonds is 9. The van der Waals surface area contributed by atoms with Gasteiger partial charge in [0.15, 0.2) is 0 Å². The molecule has 0 aliphatic heterocycles. The van der Waals surface area contributed by atoms with Crippen molar-refractivity contribution >= 4 is 12.0 Å². The van der Waals surface area contributed by atoms with Crippen molar-refractivity contribution in [3.63, 3.8) is 0 Å².